The van der Waals surface area contributed by atoms with Crippen LogP contribution in [-0.4, -0.2) is 60.1 Å². The molecule has 28 heavy (non-hydrogen) atoms. The molecule has 1 amide bonds. The van der Waals surface area contributed by atoms with Crippen LogP contribution in [0.2, 0.25) is 0 Å². The van der Waals surface area contributed by atoms with Crippen LogP contribution in [0.5, 0.6) is 0 Å². The summed E-state index contributed by atoms with van der Waals surface area (Å²) in [6.07, 6.45) is 1.94. The number of rotatable bonds is 4. The summed E-state index contributed by atoms with van der Waals surface area (Å²) in [6.45, 7) is 6.90. The minimum absolute atomic E-state index is 0.0376. The van der Waals surface area contributed by atoms with E-state index in [4.69, 9.17) is 9.15 Å². The first-order valence-electron chi connectivity index (χ1n) is 9.91. The number of likely N-dealkylation sites (tertiary alicyclic amines) is 1. The van der Waals surface area contributed by atoms with E-state index < -0.39 is 0 Å². The van der Waals surface area contributed by atoms with Crippen molar-refractivity contribution in [1.29, 1.82) is 0 Å². The Morgan fingerprint density at radius 2 is 1.96 bits per heavy atom. The smallest absolute Gasteiger partial charge is 0.227 e. The van der Waals surface area contributed by atoms with E-state index in [9.17, 15) is 9.18 Å². The number of carbonyl (C=O) groups excluding carboxylic acids is 1. The maximum Gasteiger partial charge on any atom is 0.227 e. The summed E-state index contributed by atoms with van der Waals surface area (Å²) < 4.78 is 24.3. The fourth-order valence-corrected chi connectivity index (χ4v) is 3.95. The second kappa shape index (κ2) is 8.41. The van der Waals surface area contributed by atoms with Crippen molar-refractivity contribution in [1.82, 2.24) is 14.8 Å². The number of halogens is 1. The zero-order chi connectivity index (χ0) is 19.5. The molecule has 2 fully saturated rings. The lowest BCUT2D eigenvalue weighted by atomic mass is 9.96. The molecule has 0 bridgehead atoms. The second-order valence-electron chi connectivity index (χ2n) is 7.54. The first-order chi connectivity index (χ1) is 13.6. The maximum absolute atomic E-state index is 13.1. The molecule has 7 heteroatoms. The molecule has 0 saturated carbocycles. The molecule has 0 N–H and O–H groups in total. The Labute approximate surface area is 164 Å². The molecule has 2 aromatic rings. The van der Waals surface area contributed by atoms with Crippen LogP contribution in [0.15, 0.2) is 28.7 Å². The number of piperidine rings is 1. The zero-order valence-electron chi connectivity index (χ0n) is 16.2. The zero-order valence-corrected chi connectivity index (χ0v) is 16.2. The molecule has 0 spiro atoms. The standard InChI is InChI=1S/C21H26FN3O3/c1-15-19(23-20(28-15)16-4-6-18(22)7-5-16)14-24-8-2-3-17(13-24)21(26)25-9-11-27-12-10-25/h4-7,17H,2-3,8-14H2,1H3. The van der Waals surface area contributed by atoms with Gasteiger partial charge >= 0.3 is 0 Å². The fourth-order valence-electron chi connectivity index (χ4n) is 3.95. The summed E-state index contributed by atoms with van der Waals surface area (Å²) in [5, 5.41) is 0. The molecule has 4 rings (SSSR count). The van der Waals surface area contributed by atoms with E-state index in [1.165, 1.54) is 12.1 Å². The third kappa shape index (κ3) is 4.25. The van der Waals surface area contributed by atoms with Crippen molar-refractivity contribution in [2.24, 2.45) is 5.92 Å². The van der Waals surface area contributed by atoms with Crippen LogP contribution in [0, 0.1) is 18.7 Å². The van der Waals surface area contributed by atoms with E-state index >= 15 is 0 Å². The molecule has 1 atom stereocenters. The minimum atomic E-state index is -0.281. The Morgan fingerprint density at radius 1 is 1.21 bits per heavy atom. The predicted octanol–water partition coefficient (Wildman–Crippen LogP) is 2.86. The second-order valence-corrected chi connectivity index (χ2v) is 7.54. The average molecular weight is 387 g/mol. The Kier molecular flexibility index (Phi) is 5.73. The van der Waals surface area contributed by atoms with Crippen molar-refractivity contribution in [3.05, 3.63) is 41.5 Å². The van der Waals surface area contributed by atoms with E-state index in [1.807, 2.05) is 11.8 Å². The van der Waals surface area contributed by atoms with Crippen LogP contribution in [0.3, 0.4) is 0 Å². The van der Waals surface area contributed by atoms with Gasteiger partial charge in [0, 0.05) is 31.7 Å². The van der Waals surface area contributed by atoms with Gasteiger partial charge in [0.2, 0.25) is 11.8 Å². The molecular weight excluding hydrogens is 361 g/mol. The van der Waals surface area contributed by atoms with Crippen LogP contribution < -0.4 is 0 Å². The lowest BCUT2D eigenvalue weighted by Gasteiger charge is -2.36. The summed E-state index contributed by atoms with van der Waals surface area (Å²) in [7, 11) is 0. The Morgan fingerprint density at radius 3 is 2.71 bits per heavy atom. The van der Waals surface area contributed by atoms with Crippen molar-refractivity contribution >= 4 is 5.91 Å². The van der Waals surface area contributed by atoms with Crippen LogP contribution in [-0.2, 0) is 16.1 Å². The number of carbonyl (C=O) groups is 1. The number of aryl methyl sites for hydroxylation is 1. The lowest BCUT2D eigenvalue weighted by Crippen LogP contribution is -2.48. The van der Waals surface area contributed by atoms with Crippen molar-refractivity contribution in [3.63, 3.8) is 0 Å². The highest BCUT2D eigenvalue weighted by Crippen LogP contribution is 2.25. The number of aromatic nitrogens is 1. The van der Waals surface area contributed by atoms with E-state index in [-0.39, 0.29) is 17.6 Å². The SMILES string of the molecule is Cc1oc(-c2ccc(F)cc2)nc1CN1CCCC(C(=O)N2CCOCC2)C1. The third-order valence-corrected chi connectivity index (χ3v) is 5.53. The monoisotopic (exact) mass is 387 g/mol. The number of benzene rings is 1. The predicted molar refractivity (Wildman–Crippen MR) is 102 cm³/mol. The highest BCUT2D eigenvalue weighted by atomic mass is 19.1. The summed E-state index contributed by atoms with van der Waals surface area (Å²) in [5.74, 6) is 1.27. The van der Waals surface area contributed by atoms with Gasteiger partial charge < -0.3 is 14.1 Å². The largest absolute Gasteiger partial charge is 0.441 e. The summed E-state index contributed by atoms with van der Waals surface area (Å²) in [4.78, 5) is 21.7. The molecule has 0 radical (unpaired) electrons. The molecule has 150 valence electrons. The topological polar surface area (TPSA) is 58.8 Å². The van der Waals surface area contributed by atoms with Gasteiger partial charge in [-0.15, -0.1) is 0 Å². The quantitative estimate of drug-likeness (QED) is 0.807. The highest BCUT2D eigenvalue weighted by Gasteiger charge is 2.30. The highest BCUT2D eigenvalue weighted by molar-refractivity contribution is 5.79. The van der Waals surface area contributed by atoms with Crippen LogP contribution in [0.25, 0.3) is 11.5 Å². The average Bonchev–Trinajstić information content (AvgIpc) is 3.09. The van der Waals surface area contributed by atoms with Gasteiger partial charge in [-0.25, -0.2) is 9.37 Å². The first-order valence-corrected chi connectivity index (χ1v) is 9.91. The Balaban J connectivity index is 1.41. The normalized spacial score (nSPS) is 21.1. The molecule has 2 saturated heterocycles. The van der Waals surface area contributed by atoms with Crippen molar-refractivity contribution in [3.8, 4) is 11.5 Å². The Hall–Kier alpha value is -2.25. The molecule has 1 aromatic heterocycles. The van der Waals surface area contributed by atoms with Crippen molar-refractivity contribution in [2.45, 2.75) is 26.3 Å². The van der Waals surface area contributed by atoms with Crippen LogP contribution >= 0.6 is 0 Å². The first kappa shape index (κ1) is 19.1. The fraction of sp³-hybridized carbons (Fsp3) is 0.524. The number of nitrogens with zero attached hydrogens (tertiary/aromatic N) is 3. The number of oxazole rings is 1. The van der Waals surface area contributed by atoms with Gasteiger partial charge in [-0.2, -0.15) is 0 Å². The summed E-state index contributed by atoms with van der Waals surface area (Å²) in [5.41, 5.74) is 1.63. The lowest BCUT2D eigenvalue weighted by molar-refractivity contribution is -0.141. The number of hydrogen-bond acceptors (Lipinski definition) is 5. The molecule has 3 heterocycles. The molecular formula is C21H26FN3O3. The molecule has 1 unspecified atom stereocenters. The van der Waals surface area contributed by atoms with Crippen LogP contribution in [0.4, 0.5) is 4.39 Å². The van der Waals surface area contributed by atoms with Gasteiger partial charge in [0.1, 0.15) is 11.6 Å². The Bertz CT molecular complexity index is 815. The third-order valence-electron chi connectivity index (χ3n) is 5.53. The number of amides is 1. The van der Waals surface area contributed by atoms with E-state index in [0.29, 0.717) is 38.7 Å². The molecule has 2 aliphatic rings. The molecule has 1 aromatic carbocycles. The number of ether oxygens (including phenoxy) is 1. The molecule has 6 nitrogen and oxygen atoms in total. The van der Waals surface area contributed by atoms with Gasteiger partial charge in [-0.3, -0.25) is 9.69 Å². The van der Waals surface area contributed by atoms with Gasteiger partial charge in [-0.05, 0) is 50.6 Å². The van der Waals surface area contributed by atoms with Crippen molar-refractivity contribution in [2.75, 3.05) is 39.4 Å². The molecule has 0 aliphatic carbocycles. The van der Waals surface area contributed by atoms with Gasteiger partial charge in [0.15, 0.2) is 0 Å². The number of hydrogen-bond donors (Lipinski definition) is 0. The molecule has 2 aliphatic heterocycles. The number of morpholine rings is 1. The van der Waals surface area contributed by atoms with Gasteiger partial charge in [-0.1, -0.05) is 0 Å². The van der Waals surface area contributed by atoms with E-state index in [2.05, 4.69) is 9.88 Å². The maximum atomic E-state index is 13.1. The minimum Gasteiger partial charge on any atom is -0.441 e. The summed E-state index contributed by atoms with van der Waals surface area (Å²) in [6, 6.07) is 6.15. The van der Waals surface area contributed by atoms with E-state index in [0.717, 1.165) is 42.9 Å². The van der Waals surface area contributed by atoms with Gasteiger partial charge in [0.25, 0.3) is 0 Å². The van der Waals surface area contributed by atoms with Crippen molar-refractivity contribution < 1.29 is 18.3 Å². The van der Waals surface area contributed by atoms with E-state index in [1.54, 1.807) is 12.1 Å². The summed E-state index contributed by atoms with van der Waals surface area (Å²) >= 11 is 0. The van der Waals surface area contributed by atoms with Crippen LogP contribution in [0.1, 0.15) is 24.3 Å². The van der Waals surface area contributed by atoms with Gasteiger partial charge in [0.05, 0.1) is 24.8 Å².